The van der Waals surface area contributed by atoms with E-state index >= 15 is 0 Å². The summed E-state index contributed by atoms with van der Waals surface area (Å²) in [6, 6.07) is 6.14. The number of anilines is 1. The number of carbonyl (C=O) groups excluding carboxylic acids is 1. The molecule has 1 aromatic carbocycles. The lowest BCUT2D eigenvalue weighted by molar-refractivity contribution is -0.389. The van der Waals surface area contributed by atoms with Gasteiger partial charge in [0.15, 0.2) is 0 Å². The minimum absolute atomic E-state index is 0.125. The molecule has 2 aromatic rings. The van der Waals surface area contributed by atoms with E-state index in [0.29, 0.717) is 12.4 Å². The third-order valence-electron chi connectivity index (χ3n) is 4.80. The van der Waals surface area contributed by atoms with E-state index in [-0.39, 0.29) is 18.1 Å². The van der Waals surface area contributed by atoms with Crippen LogP contribution in [0.25, 0.3) is 0 Å². The summed E-state index contributed by atoms with van der Waals surface area (Å²) in [6.07, 6.45) is 1.59. The van der Waals surface area contributed by atoms with E-state index in [4.69, 9.17) is 0 Å². The molecule has 28 heavy (non-hydrogen) atoms. The van der Waals surface area contributed by atoms with Crippen molar-refractivity contribution in [3.63, 3.8) is 0 Å². The number of hydrogen-bond acceptors (Lipinski definition) is 6. The van der Waals surface area contributed by atoms with Crippen molar-refractivity contribution in [3.05, 3.63) is 51.5 Å². The van der Waals surface area contributed by atoms with Gasteiger partial charge >= 0.3 is 5.82 Å². The largest absolute Gasteiger partial charge is 0.381 e. The molecule has 0 saturated carbocycles. The summed E-state index contributed by atoms with van der Waals surface area (Å²) in [5.41, 5.74) is 3.09. The highest BCUT2D eigenvalue weighted by Gasteiger charge is 2.16. The molecule has 1 aliphatic rings. The second-order valence-corrected chi connectivity index (χ2v) is 8.16. The van der Waals surface area contributed by atoms with Crippen LogP contribution >= 0.6 is 11.8 Å². The van der Waals surface area contributed by atoms with E-state index in [2.05, 4.69) is 27.3 Å². The minimum Gasteiger partial charge on any atom is -0.358 e. The summed E-state index contributed by atoms with van der Waals surface area (Å²) in [6.45, 7) is 7.21. The quantitative estimate of drug-likeness (QED) is 0.564. The number of imidazole rings is 1. The molecule has 0 radical (unpaired) electrons. The molecule has 1 aromatic heterocycles. The molecule has 1 aliphatic heterocycles. The molecule has 2 heterocycles. The Labute approximate surface area is 168 Å². The van der Waals surface area contributed by atoms with Crippen molar-refractivity contribution < 1.29 is 9.72 Å². The standard InChI is InChI=1S/C19H25N5O3S/c1-14-11-16(12-22-7-9-28-10-8-22)3-4-17(14)21-19(25)5-6-23-13-18(24(26)27)20-15(23)2/h3-4,11,13H,5-10,12H2,1-2H3,(H,21,25). The molecule has 1 saturated heterocycles. The van der Waals surface area contributed by atoms with Crippen LogP contribution in [0.15, 0.2) is 24.4 Å². The Balaban J connectivity index is 1.54. The Morgan fingerprint density at radius 1 is 1.32 bits per heavy atom. The summed E-state index contributed by atoms with van der Waals surface area (Å²) in [5, 5.41) is 13.7. The first kappa shape index (κ1) is 20.3. The van der Waals surface area contributed by atoms with Crippen LogP contribution in [-0.2, 0) is 17.9 Å². The Hall–Kier alpha value is -2.39. The molecule has 150 valence electrons. The van der Waals surface area contributed by atoms with Crippen molar-refractivity contribution in [2.75, 3.05) is 29.9 Å². The number of aryl methyl sites for hydroxylation is 3. The van der Waals surface area contributed by atoms with Crippen molar-refractivity contribution in [3.8, 4) is 0 Å². The molecule has 0 atom stereocenters. The Kier molecular flexibility index (Phi) is 6.69. The van der Waals surface area contributed by atoms with Crippen LogP contribution < -0.4 is 5.32 Å². The van der Waals surface area contributed by atoms with Crippen LogP contribution in [0.1, 0.15) is 23.4 Å². The van der Waals surface area contributed by atoms with Crippen LogP contribution in [0.3, 0.4) is 0 Å². The SMILES string of the molecule is Cc1cc(CN2CCSCC2)ccc1NC(=O)CCn1cc([N+](=O)[O-])nc1C. The average molecular weight is 404 g/mol. The summed E-state index contributed by atoms with van der Waals surface area (Å²) in [7, 11) is 0. The van der Waals surface area contributed by atoms with Crippen molar-refractivity contribution in [1.29, 1.82) is 0 Å². The maximum Gasteiger partial charge on any atom is 0.381 e. The summed E-state index contributed by atoms with van der Waals surface area (Å²) >= 11 is 2.00. The number of nitrogens with one attached hydrogen (secondary N) is 1. The Bertz CT molecular complexity index is 861. The first-order valence-corrected chi connectivity index (χ1v) is 10.5. The van der Waals surface area contributed by atoms with Gasteiger partial charge in [-0.1, -0.05) is 12.1 Å². The average Bonchev–Trinajstić information content (AvgIpc) is 3.04. The Morgan fingerprint density at radius 2 is 2.07 bits per heavy atom. The predicted octanol–water partition coefficient (Wildman–Crippen LogP) is 2.99. The zero-order chi connectivity index (χ0) is 20.1. The van der Waals surface area contributed by atoms with Gasteiger partial charge in [-0.2, -0.15) is 11.8 Å². The lowest BCUT2D eigenvalue weighted by atomic mass is 10.1. The number of rotatable bonds is 7. The molecule has 9 heteroatoms. The van der Waals surface area contributed by atoms with E-state index in [1.807, 2.05) is 24.8 Å². The van der Waals surface area contributed by atoms with Crippen LogP contribution in [0.4, 0.5) is 11.5 Å². The van der Waals surface area contributed by atoms with Crippen molar-refractivity contribution in [2.45, 2.75) is 33.4 Å². The lowest BCUT2D eigenvalue weighted by Crippen LogP contribution is -2.31. The highest BCUT2D eigenvalue weighted by atomic mass is 32.2. The second-order valence-electron chi connectivity index (χ2n) is 6.93. The van der Waals surface area contributed by atoms with Crippen molar-refractivity contribution >= 4 is 29.2 Å². The molecular formula is C19H25N5O3S. The number of aromatic nitrogens is 2. The summed E-state index contributed by atoms with van der Waals surface area (Å²) in [5.74, 6) is 2.58. The molecular weight excluding hydrogens is 378 g/mol. The molecule has 1 amide bonds. The predicted molar refractivity (Wildman–Crippen MR) is 111 cm³/mol. The molecule has 3 rings (SSSR count). The molecule has 0 bridgehead atoms. The summed E-state index contributed by atoms with van der Waals surface area (Å²) < 4.78 is 1.63. The maximum atomic E-state index is 12.3. The van der Waals surface area contributed by atoms with Gasteiger partial charge < -0.3 is 20.0 Å². The number of benzene rings is 1. The smallest absolute Gasteiger partial charge is 0.358 e. The first-order valence-electron chi connectivity index (χ1n) is 9.30. The fourth-order valence-corrected chi connectivity index (χ4v) is 4.20. The normalized spacial score (nSPS) is 14.8. The molecule has 1 N–H and O–H groups in total. The topological polar surface area (TPSA) is 93.3 Å². The van der Waals surface area contributed by atoms with E-state index < -0.39 is 4.92 Å². The summed E-state index contributed by atoms with van der Waals surface area (Å²) in [4.78, 5) is 28.9. The van der Waals surface area contributed by atoms with Gasteiger partial charge in [0, 0.05) is 56.7 Å². The Morgan fingerprint density at radius 3 is 2.71 bits per heavy atom. The van der Waals surface area contributed by atoms with Gasteiger partial charge in [-0.3, -0.25) is 9.69 Å². The fraction of sp³-hybridized carbons (Fsp3) is 0.474. The molecule has 0 unspecified atom stereocenters. The maximum absolute atomic E-state index is 12.3. The molecule has 1 fully saturated rings. The lowest BCUT2D eigenvalue weighted by Gasteiger charge is -2.26. The van der Waals surface area contributed by atoms with E-state index in [0.717, 1.165) is 30.9 Å². The first-order chi connectivity index (χ1) is 13.4. The van der Waals surface area contributed by atoms with Crippen LogP contribution in [0.2, 0.25) is 0 Å². The van der Waals surface area contributed by atoms with E-state index in [1.165, 1.54) is 23.3 Å². The van der Waals surface area contributed by atoms with Gasteiger partial charge in [0.1, 0.15) is 6.20 Å². The van der Waals surface area contributed by atoms with Gasteiger partial charge in [0.25, 0.3) is 0 Å². The van der Waals surface area contributed by atoms with Crippen LogP contribution in [0.5, 0.6) is 0 Å². The van der Waals surface area contributed by atoms with Crippen LogP contribution in [-0.4, -0.2) is 49.9 Å². The number of thioether (sulfide) groups is 1. The monoisotopic (exact) mass is 403 g/mol. The van der Waals surface area contributed by atoms with Gasteiger partial charge in [-0.15, -0.1) is 0 Å². The number of carbonyl (C=O) groups is 1. The van der Waals surface area contributed by atoms with Gasteiger partial charge in [0.05, 0.1) is 0 Å². The van der Waals surface area contributed by atoms with Gasteiger partial charge in [-0.25, -0.2) is 0 Å². The highest BCUT2D eigenvalue weighted by molar-refractivity contribution is 7.99. The van der Waals surface area contributed by atoms with Crippen molar-refractivity contribution in [2.24, 2.45) is 0 Å². The fourth-order valence-electron chi connectivity index (χ4n) is 3.22. The second kappa shape index (κ2) is 9.20. The van der Waals surface area contributed by atoms with Gasteiger partial charge in [-0.05, 0) is 34.0 Å². The zero-order valence-electron chi connectivity index (χ0n) is 16.2. The highest BCUT2D eigenvalue weighted by Crippen LogP contribution is 2.20. The molecule has 8 nitrogen and oxygen atoms in total. The number of amides is 1. The van der Waals surface area contributed by atoms with Gasteiger partial charge in [0.2, 0.25) is 11.7 Å². The third kappa shape index (κ3) is 5.32. The van der Waals surface area contributed by atoms with E-state index in [9.17, 15) is 14.9 Å². The zero-order valence-corrected chi connectivity index (χ0v) is 17.0. The van der Waals surface area contributed by atoms with Crippen LogP contribution in [0, 0.1) is 24.0 Å². The molecule has 0 spiro atoms. The number of nitro groups is 1. The van der Waals surface area contributed by atoms with E-state index in [1.54, 1.807) is 11.5 Å². The molecule has 0 aliphatic carbocycles. The third-order valence-corrected chi connectivity index (χ3v) is 5.75. The minimum atomic E-state index is -0.531. The number of nitrogens with zero attached hydrogens (tertiary/aromatic N) is 4. The number of hydrogen-bond donors (Lipinski definition) is 1. The van der Waals surface area contributed by atoms with Crippen molar-refractivity contribution in [1.82, 2.24) is 14.5 Å².